The van der Waals surface area contributed by atoms with Crippen molar-refractivity contribution < 1.29 is 19.5 Å². The zero-order valence-electron chi connectivity index (χ0n) is 18.0. The minimum Gasteiger partial charge on any atom is -0.490 e. The lowest BCUT2D eigenvalue weighted by Gasteiger charge is -2.16. The first-order chi connectivity index (χ1) is 14.4. The molecule has 0 unspecified atom stereocenters. The summed E-state index contributed by atoms with van der Waals surface area (Å²) >= 11 is 0. The maximum absolute atomic E-state index is 9.58. The summed E-state index contributed by atoms with van der Waals surface area (Å²) in [5.41, 5.74) is 5.54. The van der Waals surface area contributed by atoms with Gasteiger partial charge in [-0.15, -0.1) is 0 Å². The van der Waals surface area contributed by atoms with E-state index in [0.29, 0.717) is 17.5 Å². The molecule has 7 heteroatoms. The maximum Gasteiger partial charge on any atom is 0.258 e. The zero-order chi connectivity index (χ0) is 21.7. The van der Waals surface area contributed by atoms with Crippen LogP contribution in [0.25, 0.3) is 22.8 Å². The van der Waals surface area contributed by atoms with Crippen LogP contribution < -0.4 is 4.74 Å². The van der Waals surface area contributed by atoms with Crippen LogP contribution in [0.4, 0.5) is 0 Å². The quantitative estimate of drug-likeness (QED) is 0.554. The fourth-order valence-corrected chi connectivity index (χ4v) is 3.38. The predicted octanol–water partition coefficient (Wildman–Crippen LogP) is 3.66. The average molecular weight is 412 g/mol. The van der Waals surface area contributed by atoms with E-state index in [1.54, 1.807) is 0 Å². The third-order valence-corrected chi connectivity index (χ3v) is 4.81. The third kappa shape index (κ3) is 5.04. The molecule has 1 aromatic carbocycles. The molecule has 0 aliphatic heterocycles. The van der Waals surface area contributed by atoms with E-state index >= 15 is 0 Å². The summed E-state index contributed by atoms with van der Waals surface area (Å²) in [6, 6.07) is 7.86. The summed E-state index contributed by atoms with van der Waals surface area (Å²) in [6.07, 6.45) is 1.76. The summed E-state index contributed by atoms with van der Waals surface area (Å²) in [6.45, 7) is 7.76. The molecule has 0 saturated carbocycles. The van der Waals surface area contributed by atoms with E-state index in [2.05, 4.69) is 22.0 Å². The van der Waals surface area contributed by atoms with Gasteiger partial charge >= 0.3 is 0 Å². The van der Waals surface area contributed by atoms with Crippen LogP contribution in [-0.2, 0) is 12.8 Å². The molecule has 2 heterocycles. The number of aryl methyl sites for hydroxylation is 4. The Hall–Kier alpha value is -2.77. The van der Waals surface area contributed by atoms with Crippen LogP contribution >= 0.6 is 0 Å². The summed E-state index contributed by atoms with van der Waals surface area (Å²) < 4.78 is 11.3. The van der Waals surface area contributed by atoms with E-state index in [1.165, 1.54) is 0 Å². The molecular weight excluding hydrogens is 382 g/mol. The van der Waals surface area contributed by atoms with Crippen LogP contribution in [-0.4, -0.2) is 44.7 Å². The molecule has 160 valence electrons. The Bertz CT molecular complexity index is 1000. The van der Waals surface area contributed by atoms with E-state index in [4.69, 9.17) is 14.4 Å². The Labute approximate surface area is 176 Å². The first-order valence-corrected chi connectivity index (χ1v) is 10.3. The number of aromatic nitrogens is 3. The fourth-order valence-electron chi connectivity index (χ4n) is 3.38. The van der Waals surface area contributed by atoms with Crippen LogP contribution in [0.2, 0.25) is 0 Å². The van der Waals surface area contributed by atoms with Crippen LogP contribution in [0.3, 0.4) is 0 Å². The second kappa shape index (κ2) is 9.82. The molecule has 3 rings (SSSR count). The summed E-state index contributed by atoms with van der Waals surface area (Å²) in [5, 5.41) is 22.8. The van der Waals surface area contributed by atoms with Crippen molar-refractivity contribution in [2.75, 3.05) is 13.2 Å². The van der Waals surface area contributed by atoms with E-state index in [0.717, 1.165) is 52.9 Å². The highest BCUT2D eigenvalue weighted by molar-refractivity contribution is 5.64. The van der Waals surface area contributed by atoms with Crippen LogP contribution in [0.15, 0.2) is 28.8 Å². The molecule has 0 radical (unpaired) electrons. The van der Waals surface area contributed by atoms with Crippen molar-refractivity contribution in [3.8, 4) is 28.6 Å². The number of benzene rings is 1. The first-order valence-electron chi connectivity index (χ1n) is 10.3. The van der Waals surface area contributed by atoms with E-state index < -0.39 is 6.10 Å². The Morgan fingerprint density at radius 1 is 1.07 bits per heavy atom. The molecule has 0 fully saturated rings. The molecule has 7 nitrogen and oxygen atoms in total. The molecule has 2 aromatic heterocycles. The van der Waals surface area contributed by atoms with Gasteiger partial charge < -0.3 is 19.5 Å². The van der Waals surface area contributed by atoms with Crippen molar-refractivity contribution in [2.24, 2.45) is 0 Å². The summed E-state index contributed by atoms with van der Waals surface area (Å²) in [7, 11) is 0. The van der Waals surface area contributed by atoms with Crippen molar-refractivity contribution in [3.63, 3.8) is 0 Å². The van der Waals surface area contributed by atoms with E-state index in [-0.39, 0.29) is 13.2 Å². The van der Waals surface area contributed by atoms with Gasteiger partial charge in [-0.2, -0.15) is 4.98 Å². The minimum atomic E-state index is -0.907. The molecule has 3 aromatic rings. The fraction of sp³-hybridized carbons (Fsp3) is 0.435. The van der Waals surface area contributed by atoms with Crippen LogP contribution in [0, 0.1) is 13.8 Å². The zero-order valence-corrected chi connectivity index (χ0v) is 18.0. The van der Waals surface area contributed by atoms with Gasteiger partial charge in [0.2, 0.25) is 5.82 Å². The number of nitrogens with zero attached hydrogens (tertiary/aromatic N) is 3. The highest BCUT2D eigenvalue weighted by Crippen LogP contribution is 2.31. The average Bonchev–Trinajstić information content (AvgIpc) is 3.22. The monoisotopic (exact) mass is 411 g/mol. The largest absolute Gasteiger partial charge is 0.490 e. The number of aliphatic hydroxyl groups excluding tert-OH is 2. The Kier molecular flexibility index (Phi) is 7.18. The lowest BCUT2D eigenvalue weighted by atomic mass is 10.0. The first kappa shape index (κ1) is 21.9. The van der Waals surface area contributed by atoms with Crippen LogP contribution in [0.5, 0.6) is 5.75 Å². The van der Waals surface area contributed by atoms with Gasteiger partial charge in [-0.1, -0.05) is 25.4 Å². The molecule has 1 atom stereocenters. The topological polar surface area (TPSA) is 102 Å². The highest BCUT2D eigenvalue weighted by Gasteiger charge is 2.16. The number of hydrogen-bond acceptors (Lipinski definition) is 7. The van der Waals surface area contributed by atoms with Gasteiger partial charge in [0.1, 0.15) is 18.5 Å². The normalized spacial score (nSPS) is 12.2. The molecule has 0 aliphatic rings. The van der Waals surface area contributed by atoms with Gasteiger partial charge in [-0.25, -0.2) is 0 Å². The van der Waals surface area contributed by atoms with Gasteiger partial charge in [-0.3, -0.25) is 4.98 Å². The molecule has 2 N–H and O–H groups in total. The van der Waals surface area contributed by atoms with Gasteiger partial charge in [0.15, 0.2) is 0 Å². The molecule has 0 amide bonds. The van der Waals surface area contributed by atoms with Crippen molar-refractivity contribution >= 4 is 0 Å². The number of ether oxygens (including phenoxy) is 1. The van der Waals surface area contributed by atoms with Crippen molar-refractivity contribution in [3.05, 3.63) is 46.8 Å². The number of hydrogen-bond donors (Lipinski definition) is 2. The smallest absolute Gasteiger partial charge is 0.258 e. The Balaban J connectivity index is 1.91. The van der Waals surface area contributed by atoms with E-state index in [1.807, 2.05) is 45.0 Å². The standard InChI is InChI=1S/C23H29N3O4/c1-5-7-19-11-18(9-15(4)24-19)23-25-22(26-30-23)17-8-14(3)21(16(6-2)10-17)29-13-20(28)12-27/h8-11,20,27-28H,5-7,12-13H2,1-4H3/t20-/m0/s1. The highest BCUT2D eigenvalue weighted by atomic mass is 16.5. The number of aliphatic hydroxyl groups is 2. The second-order valence-corrected chi connectivity index (χ2v) is 7.44. The maximum atomic E-state index is 9.58. The van der Waals surface area contributed by atoms with Gasteiger partial charge in [0.25, 0.3) is 5.89 Å². The van der Waals surface area contributed by atoms with Crippen LogP contribution in [0.1, 0.15) is 42.8 Å². The molecular formula is C23H29N3O4. The Morgan fingerprint density at radius 3 is 2.57 bits per heavy atom. The van der Waals surface area contributed by atoms with Crippen molar-refractivity contribution in [1.82, 2.24) is 15.1 Å². The van der Waals surface area contributed by atoms with Gasteiger partial charge in [-0.05, 0) is 62.1 Å². The van der Waals surface area contributed by atoms with Crippen molar-refractivity contribution in [1.29, 1.82) is 0 Å². The van der Waals surface area contributed by atoms with Crippen molar-refractivity contribution in [2.45, 2.75) is 53.1 Å². The third-order valence-electron chi connectivity index (χ3n) is 4.81. The minimum absolute atomic E-state index is 0.0392. The van der Waals surface area contributed by atoms with Gasteiger partial charge in [0, 0.05) is 22.5 Å². The molecule has 0 bridgehead atoms. The molecule has 0 aliphatic carbocycles. The lowest BCUT2D eigenvalue weighted by molar-refractivity contribution is 0.0531. The molecule has 0 saturated heterocycles. The summed E-state index contributed by atoms with van der Waals surface area (Å²) in [5.74, 6) is 1.69. The SMILES string of the molecule is CCCc1cc(-c2nc(-c3cc(C)c(OC[C@@H](O)CO)c(CC)c3)no2)cc(C)n1. The summed E-state index contributed by atoms with van der Waals surface area (Å²) in [4.78, 5) is 9.16. The predicted molar refractivity (Wildman–Crippen MR) is 114 cm³/mol. The Morgan fingerprint density at radius 2 is 1.87 bits per heavy atom. The van der Waals surface area contributed by atoms with E-state index in [9.17, 15) is 5.11 Å². The number of pyridine rings is 1. The number of rotatable bonds is 9. The van der Waals surface area contributed by atoms with Gasteiger partial charge in [0.05, 0.1) is 6.61 Å². The molecule has 0 spiro atoms. The molecule has 30 heavy (non-hydrogen) atoms. The lowest BCUT2D eigenvalue weighted by Crippen LogP contribution is -2.22. The second-order valence-electron chi connectivity index (χ2n) is 7.44.